The van der Waals surface area contributed by atoms with Gasteiger partial charge in [-0.2, -0.15) is 0 Å². The molecule has 0 saturated carbocycles. The van der Waals surface area contributed by atoms with Crippen LogP contribution in [0, 0.1) is 5.92 Å². The quantitative estimate of drug-likeness (QED) is 0.663. The predicted octanol–water partition coefficient (Wildman–Crippen LogP) is 3.31. The molecule has 2 amide bonds. The van der Waals surface area contributed by atoms with E-state index < -0.39 is 0 Å². The van der Waals surface area contributed by atoms with E-state index in [1.165, 1.54) is 0 Å². The molecule has 1 N–H and O–H groups in total. The molecule has 1 aliphatic rings. The number of methoxy groups -OCH3 is 2. The van der Waals surface area contributed by atoms with Crippen molar-refractivity contribution >= 4 is 17.9 Å². The number of amides is 2. The number of ether oxygens (including phenoxy) is 2. The fraction of sp³-hybridized carbons (Fsp3) is 0.360. The third kappa shape index (κ3) is 6.35. The van der Waals surface area contributed by atoms with Crippen LogP contribution >= 0.6 is 0 Å². The van der Waals surface area contributed by atoms with Gasteiger partial charge in [-0.3, -0.25) is 9.59 Å². The summed E-state index contributed by atoms with van der Waals surface area (Å²) >= 11 is 0. The van der Waals surface area contributed by atoms with Gasteiger partial charge in [0.05, 0.1) is 14.2 Å². The molecule has 1 aliphatic heterocycles. The van der Waals surface area contributed by atoms with E-state index >= 15 is 0 Å². The molecule has 164 valence electrons. The summed E-state index contributed by atoms with van der Waals surface area (Å²) in [6.45, 7) is 1.77. The Morgan fingerprint density at radius 1 is 1.03 bits per heavy atom. The molecule has 0 atom stereocenters. The van der Waals surface area contributed by atoms with Gasteiger partial charge in [0, 0.05) is 31.6 Å². The highest BCUT2D eigenvalue weighted by atomic mass is 16.5. The van der Waals surface area contributed by atoms with Crippen LogP contribution in [0.2, 0.25) is 0 Å². The van der Waals surface area contributed by atoms with Crippen molar-refractivity contribution in [3.05, 3.63) is 65.7 Å². The number of carbonyl (C=O) groups is 2. The second-order valence-electron chi connectivity index (χ2n) is 7.57. The van der Waals surface area contributed by atoms with Crippen molar-refractivity contribution in [2.75, 3.05) is 33.9 Å². The zero-order valence-corrected chi connectivity index (χ0v) is 18.2. The van der Waals surface area contributed by atoms with Gasteiger partial charge in [0.1, 0.15) is 0 Å². The lowest BCUT2D eigenvalue weighted by molar-refractivity contribution is -0.132. The van der Waals surface area contributed by atoms with Gasteiger partial charge >= 0.3 is 0 Å². The Kier molecular flexibility index (Phi) is 8.10. The highest BCUT2D eigenvalue weighted by Crippen LogP contribution is 2.27. The van der Waals surface area contributed by atoms with Crippen molar-refractivity contribution in [2.45, 2.75) is 19.3 Å². The molecule has 6 nitrogen and oxygen atoms in total. The van der Waals surface area contributed by atoms with Gasteiger partial charge in [0.2, 0.25) is 11.8 Å². The van der Waals surface area contributed by atoms with Crippen LogP contribution in [0.15, 0.2) is 54.6 Å². The SMILES string of the molecule is COc1ccc(CCNC(=O)C2CCN(C(=O)/C=C/c3ccccc3)CC2)cc1OC. The Morgan fingerprint density at radius 3 is 2.42 bits per heavy atom. The molecule has 0 aromatic heterocycles. The van der Waals surface area contributed by atoms with Gasteiger partial charge < -0.3 is 19.7 Å². The summed E-state index contributed by atoms with van der Waals surface area (Å²) in [5.74, 6) is 1.39. The van der Waals surface area contributed by atoms with Gasteiger partial charge in [0.15, 0.2) is 11.5 Å². The summed E-state index contributed by atoms with van der Waals surface area (Å²) in [5.41, 5.74) is 2.07. The fourth-order valence-corrected chi connectivity index (χ4v) is 3.71. The maximum atomic E-state index is 12.5. The first-order valence-corrected chi connectivity index (χ1v) is 10.6. The smallest absolute Gasteiger partial charge is 0.246 e. The first-order valence-electron chi connectivity index (χ1n) is 10.6. The normalized spacial score (nSPS) is 14.5. The zero-order chi connectivity index (χ0) is 22.1. The summed E-state index contributed by atoms with van der Waals surface area (Å²) in [4.78, 5) is 26.7. The van der Waals surface area contributed by atoms with Gasteiger partial charge in [-0.1, -0.05) is 36.4 Å². The van der Waals surface area contributed by atoms with E-state index in [1.54, 1.807) is 20.3 Å². The minimum absolute atomic E-state index is 0.00355. The van der Waals surface area contributed by atoms with Crippen molar-refractivity contribution in [1.29, 1.82) is 0 Å². The van der Waals surface area contributed by atoms with Crippen molar-refractivity contribution < 1.29 is 19.1 Å². The zero-order valence-electron chi connectivity index (χ0n) is 18.2. The van der Waals surface area contributed by atoms with E-state index in [2.05, 4.69) is 5.32 Å². The van der Waals surface area contributed by atoms with E-state index in [1.807, 2.05) is 59.5 Å². The first kappa shape index (κ1) is 22.4. The Hall–Kier alpha value is -3.28. The second-order valence-corrected chi connectivity index (χ2v) is 7.57. The summed E-state index contributed by atoms with van der Waals surface area (Å²) in [6, 6.07) is 15.5. The van der Waals surface area contributed by atoms with Gasteiger partial charge in [-0.25, -0.2) is 0 Å². The molecular formula is C25H30N2O4. The highest BCUT2D eigenvalue weighted by molar-refractivity contribution is 5.92. The van der Waals surface area contributed by atoms with Crippen molar-refractivity contribution in [1.82, 2.24) is 10.2 Å². The van der Waals surface area contributed by atoms with Crippen molar-refractivity contribution in [2.24, 2.45) is 5.92 Å². The molecule has 0 aliphatic carbocycles. The number of benzene rings is 2. The molecule has 0 spiro atoms. The molecule has 31 heavy (non-hydrogen) atoms. The summed E-state index contributed by atoms with van der Waals surface area (Å²) in [6.07, 6.45) is 5.53. The Bertz CT molecular complexity index is 903. The second kappa shape index (κ2) is 11.2. The lowest BCUT2D eigenvalue weighted by atomic mass is 9.95. The standard InChI is InChI=1S/C25H30N2O4/c1-30-22-10-8-20(18-23(22)31-2)12-15-26-25(29)21-13-16-27(17-14-21)24(28)11-9-19-6-4-3-5-7-19/h3-11,18,21H,12-17H2,1-2H3,(H,26,29)/b11-9+. The number of nitrogens with zero attached hydrogens (tertiary/aromatic N) is 1. The molecule has 2 aromatic rings. The third-order valence-electron chi connectivity index (χ3n) is 5.56. The average molecular weight is 423 g/mol. The number of hydrogen-bond acceptors (Lipinski definition) is 4. The average Bonchev–Trinajstić information content (AvgIpc) is 2.83. The Balaban J connectivity index is 1.41. The first-order chi connectivity index (χ1) is 15.1. The van der Waals surface area contributed by atoms with Gasteiger partial charge in [0.25, 0.3) is 0 Å². The number of likely N-dealkylation sites (tertiary alicyclic amines) is 1. The lowest BCUT2D eigenvalue weighted by Gasteiger charge is -2.30. The lowest BCUT2D eigenvalue weighted by Crippen LogP contribution is -2.42. The maximum Gasteiger partial charge on any atom is 0.246 e. The van der Waals surface area contributed by atoms with E-state index in [4.69, 9.17) is 9.47 Å². The van der Waals surface area contributed by atoms with E-state index in [9.17, 15) is 9.59 Å². The minimum atomic E-state index is -0.0486. The minimum Gasteiger partial charge on any atom is -0.493 e. The van der Waals surface area contributed by atoms with Crippen LogP contribution in [0.25, 0.3) is 6.08 Å². The molecule has 2 aromatic carbocycles. The van der Waals surface area contributed by atoms with Crippen molar-refractivity contribution in [3.63, 3.8) is 0 Å². The summed E-state index contributed by atoms with van der Waals surface area (Å²) in [5, 5.41) is 3.03. The van der Waals surface area contributed by atoms with Crippen LogP contribution in [0.4, 0.5) is 0 Å². The number of piperidine rings is 1. The molecule has 1 heterocycles. The third-order valence-corrected chi connectivity index (χ3v) is 5.56. The Morgan fingerprint density at radius 2 is 1.74 bits per heavy atom. The van der Waals surface area contributed by atoms with Gasteiger partial charge in [-0.05, 0) is 48.6 Å². The molecule has 1 fully saturated rings. The van der Waals surface area contributed by atoms with Crippen LogP contribution in [0.3, 0.4) is 0 Å². The molecule has 0 bridgehead atoms. The van der Waals surface area contributed by atoms with E-state index in [0.29, 0.717) is 50.4 Å². The molecule has 0 radical (unpaired) electrons. The number of hydrogen-bond donors (Lipinski definition) is 1. The van der Waals surface area contributed by atoms with E-state index in [-0.39, 0.29) is 17.7 Å². The summed E-state index contributed by atoms with van der Waals surface area (Å²) < 4.78 is 10.6. The molecule has 1 saturated heterocycles. The number of carbonyl (C=O) groups excluding carboxylic acids is 2. The predicted molar refractivity (Wildman–Crippen MR) is 121 cm³/mol. The van der Waals surface area contributed by atoms with Crippen LogP contribution < -0.4 is 14.8 Å². The number of rotatable bonds is 8. The van der Waals surface area contributed by atoms with Crippen LogP contribution in [-0.4, -0.2) is 50.6 Å². The molecule has 0 unspecified atom stereocenters. The van der Waals surface area contributed by atoms with Crippen LogP contribution in [0.5, 0.6) is 11.5 Å². The topological polar surface area (TPSA) is 67.9 Å². The largest absolute Gasteiger partial charge is 0.493 e. The van der Waals surface area contributed by atoms with E-state index in [0.717, 1.165) is 11.1 Å². The van der Waals surface area contributed by atoms with Crippen LogP contribution in [-0.2, 0) is 16.0 Å². The fourth-order valence-electron chi connectivity index (χ4n) is 3.71. The molecular weight excluding hydrogens is 392 g/mol. The highest BCUT2D eigenvalue weighted by Gasteiger charge is 2.26. The summed E-state index contributed by atoms with van der Waals surface area (Å²) in [7, 11) is 3.22. The monoisotopic (exact) mass is 422 g/mol. The number of nitrogens with one attached hydrogen (secondary N) is 1. The van der Waals surface area contributed by atoms with Crippen molar-refractivity contribution in [3.8, 4) is 11.5 Å². The molecule has 6 heteroatoms. The van der Waals surface area contributed by atoms with Gasteiger partial charge in [-0.15, -0.1) is 0 Å². The maximum absolute atomic E-state index is 12.5. The molecule has 3 rings (SSSR count). The van der Waals surface area contributed by atoms with Crippen LogP contribution in [0.1, 0.15) is 24.0 Å². The Labute approximate surface area is 183 Å².